The molecule has 1 aliphatic heterocycles. The van der Waals surface area contributed by atoms with Gasteiger partial charge in [-0.3, -0.25) is 9.78 Å². The Morgan fingerprint density at radius 3 is 3.00 bits per heavy atom. The summed E-state index contributed by atoms with van der Waals surface area (Å²) in [5.74, 6) is 0.119. The lowest BCUT2D eigenvalue weighted by Gasteiger charge is -2.13. The molecule has 6 heteroatoms. The summed E-state index contributed by atoms with van der Waals surface area (Å²) in [6, 6.07) is 8.69. The SMILES string of the molecule is CCc1ccc(O)c(C2CC(C(=O)Nc3cccnc3)NN2)c1. The lowest BCUT2D eigenvalue weighted by atomic mass is 9.98. The Bertz CT molecular complexity index is 690. The van der Waals surface area contributed by atoms with Crippen LogP contribution in [0.15, 0.2) is 42.7 Å². The number of nitrogens with zero attached hydrogens (tertiary/aromatic N) is 1. The van der Waals surface area contributed by atoms with Crippen LogP contribution in [0.2, 0.25) is 0 Å². The van der Waals surface area contributed by atoms with Gasteiger partial charge < -0.3 is 10.4 Å². The molecule has 1 aliphatic rings. The fraction of sp³-hybridized carbons (Fsp3) is 0.294. The number of amides is 1. The van der Waals surface area contributed by atoms with Crippen molar-refractivity contribution in [3.63, 3.8) is 0 Å². The van der Waals surface area contributed by atoms with E-state index < -0.39 is 0 Å². The summed E-state index contributed by atoms with van der Waals surface area (Å²) in [6.45, 7) is 2.07. The van der Waals surface area contributed by atoms with Crippen molar-refractivity contribution in [1.29, 1.82) is 0 Å². The topological polar surface area (TPSA) is 86.3 Å². The zero-order valence-corrected chi connectivity index (χ0v) is 12.9. The lowest BCUT2D eigenvalue weighted by molar-refractivity contribution is -0.117. The van der Waals surface area contributed by atoms with E-state index in [1.54, 1.807) is 30.6 Å². The zero-order chi connectivity index (χ0) is 16.2. The second-order valence-corrected chi connectivity index (χ2v) is 5.61. The number of pyridine rings is 1. The standard InChI is InChI=1S/C17H20N4O2/c1-2-11-5-6-16(22)13(8-11)14-9-15(21-20-14)17(23)19-12-4-3-7-18-10-12/h3-8,10,14-15,20-22H,2,9H2,1H3,(H,19,23). The number of phenolic OH excluding ortho intramolecular Hbond substituents is 1. The van der Waals surface area contributed by atoms with Gasteiger partial charge in [0.15, 0.2) is 0 Å². The number of benzene rings is 1. The number of anilines is 1. The summed E-state index contributed by atoms with van der Waals surface area (Å²) >= 11 is 0. The molecule has 2 heterocycles. The van der Waals surface area contributed by atoms with Gasteiger partial charge in [0.2, 0.25) is 5.91 Å². The third-order valence-corrected chi connectivity index (χ3v) is 4.02. The smallest absolute Gasteiger partial charge is 0.242 e. The highest BCUT2D eigenvalue weighted by molar-refractivity contribution is 5.94. The Hall–Kier alpha value is -2.44. The van der Waals surface area contributed by atoms with Crippen LogP contribution in [-0.4, -0.2) is 22.0 Å². The maximum absolute atomic E-state index is 12.3. The second-order valence-electron chi connectivity index (χ2n) is 5.61. The molecular weight excluding hydrogens is 292 g/mol. The first-order chi connectivity index (χ1) is 11.2. The van der Waals surface area contributed by atoms with Crippen molar-refractivity contribution in [2.24, 2.45) is 0 Å². The Labute approximate surface area is 134 Å². The van der Waals surface area contributed by atoms with Crippen LogP contribution in [0.1, 0.15) is 30.5 Å². The van der Waals surface area contributed by atoms with Gasteiger partial charge in [0.1, 0.15) is 11.8 Å². The van der Waals surface area contributed by atoms with Crippen LogP contribution in [0, 0.1) is 0 Å². The second kappa shape index (κ2) is 6.76. The molecule has 1 saturated heterocycles. The van der Waals surface area contributed by atoms with Gasteiger partial charge >= 0.3 is 0 Å². The average Bonchev–Trinajstić information content (AvgIpc) is 3.06. The first kappa shape index (κ1) is 15.5. The number of aryl methyl sites for hydroxylation is 1. The Morgan fingerprint density at radius 1 is 1.39 bits per heavy atom. The molecule has 1 aromatic carbocycles. The number of rotatable bonds is 4. The molecular formula is C17H20N4O2. The molecule has 0 bridgehead atoms. The number of carbonyl (C=O) groups is 1. The van der Waals surface area contributed by atoms with Crippen LogP contribution in [0.3, 0.4) is 0 Å². The van der Waals surface area contributed by atoms with Gasteiger partial charge in [0.25, 0.3) is 0 Å². The number of nitrogens with one attached hydrogen (secondary N) is 3. The summed E-state index contributed by atoms with van der Waals surface area (Å²) in [4.78, 5) is 16.3. The third-order valence-electron chi connectivity index (χ3n) is 4.02. The van der Waals surface area contributed by atoms with Crippen LogP contribution in [0.25, 0.3) is 0 Å². The molecule has 1 amide bonds. The molecule has 0 saturated carbocycles. The molecule has 2 aromatic rings. The van der Waals surface area contributed by atoms with E-state index in [4.69, 9.17) is 0 Å². The highest BCUT2D eigenvalue weighted by atomic mass is 16.3. The highest BCUT2D eigenvalue weighted by Gasteiger charge is 2.31. The van der Waals surface area contributed by atoms with E-state index in [9.17, 15) is 9.90 Å². The van der Waals surface area contributed by atoms with Gasteiger partial charge in [0.05, 0.1) is 17.9 Å². The number of aromatic nitrogens is 1. The molecule has 2 atom stereocenters. The first-order valence-electron chi connectivity index (χ1n) is 7.71. The zero-order valence-electron chi connectivity index (χ0n) is 12.9. The number of hydrogen-bond donors (Lipinski definition) is 4. The van der Waals surface area contributed by atoms with Gasteiger partial charge in [-0.05, 0) is 36.6 Å². The van der Waals surface area contributed by atoms with Crippen LogP contribution >= 0.6 is 0 Å². The van der Waals surface area contributed by atoms with Crippen LogP contribution in [0.5, 0.6) is 5.75 Å². The van der Waals surface area contributed by atoms with Crippen molar-refractivity contribution < 1.29 is 9.90 Å². The average molecular weight is 312 g/mol. The van der Waals surface area contributed by atoms with Crippen LogP contribution in [-0.2, 0) is 11.2 Å². The minimum absolute atomic E-state index is 0.105. The van der Waals surface area contributed by atoms with E-state index >= 15 is 0 Å². The molecule has 1 aromatic heterocycles. The van der Waals surface area contributed by atoms with Gasteiger partial charge in [-0.1, -0.05) is 19.1 Å². The van der Waals surface area contributed by atoms with Crippen molar-refractivity contribution in [3.8, 4) is 5.75 Å². The summed E-state index contributed by atoms with van der Waals surface area (Å²) in [5.41, 5.74) is 8.73. The molecule has 6 nitrogen and oxygen atoms in total. The Morgan fingerprint density at radius 2 is 2.26 bits per heavy atom. The third kappa shape index (κ3) is 3.49. The maximum atomic E-state index is 12.3. The van der Waals surface area contributed by atoms with Crippen molar-refractivity contribution in [1.82, 2.24) is 15.8 Å². The molecule has 0 aliphatic carbocycles. The van der Waals surface area contributed by atoms with E-state index in [2.05, 4.69) is 28.1 Å². The quantitative estimate of drug-likeness (QED) is 0.693. The maximum Gasteiger partial charge on any atom is 0.242 e. The predicted molar refractivity (Wildman–Crippen MR) is 87.8 cm³/mol. The minimum Gasteiger partial charge on any atom is -0.508 e. The van der Waals surface area contributed by atoms with E-state index in [1.165, 1.54) is 0 Å². The van der Waals surface area contributed by atoms with Gasteiger partial charge in [-0.2, -0.15) is 0 Å². The molecule has 2 unspecified atom stereocenters. The monoisotopic (exact) mass is 312 g/mol. The largest absolute Gasteiger partial charge is 0.508 e. The number of carbonyl (C=O) groups excluding carboxylic acids is 1. The molecule has 0 spiro atoms. The van der Waals surface area contributed by atoms with Gasteiger partial charge in [-0.15, -0.1) is 0 Å². The molecule has 23 heavy (non-hydrogen) atoms. The van der Waals surface area contributed by atoms with Crippen molar-refractivity contribution in [3.05, 3.63) is 53.9 Å². The molecule has 0 radical (unpaired) electrons. The Kier molecular flexibility index (Phi) is 4.55. The fourth-order valence-corrected chi connectivity index (χ4v) is 2.70. The number of phenols is 1. The van der Waals surface area contributed by atoms with Crippen LogP contribution in [0.4, 0.5) is 5.69 Å². The van der Waals surface area contributed by atoms with E-state index in [0.29, 0.717) is 12.1 Å². The van der Waals surface area contributed by atoms with E-state index in [-0.39, 0.29) is 23.7 Å². The normalized spacial score (nSPS) is 20.4. The fourth-order valence-electron chi connectivity index (χ4n) is 2.70. The summed E-state index contributed by atoms with van der Waals surface area (Å²) < 4.78 is 0. The number of aromatic hydroxyl groups is 1. The molecule has 4 N–H and O–H groups in total. The van der Waals surface area contributed by atoms with Crippen molar-refractivity contribution in [2.45, 2.75) is 31.8 Å². The predicted octanol–water partition coefficient (Wildman–Crippen LogP) is 1.90. The lowest BCUT2D eigenvalue weighted by Crippen LogP contribution is -2.39. The molecule has 3 rings (SSSR count). The minimum atomic E-state index is -0.370. The first-order valence-corrected chi connectivity index (χ1v) is 7.71. The molecule has 120 valence electrons. The van der Waals surface area contributed by atoms with E-state index in [0.717, 1.165) is 17.5 Å². The highest BCUT2D eigenvalue weighted by Crippen LogP contribution is 2.30. The van der Waals surface area contributed by atoms with Crippen molar-refractivity contribution >= 4 is 11.6 Å². The summed E-state index contributed by atoms with van der Waals surface area (Å²) in [5, 5.41) is 12.9. The van der Waals surface area contributed by atoms with Crippen molar-refractivity contribution in [2.75, 3.05) is 5.32 Å². The number of hydrogen-bond acceptors (Lipinski definition) is 5. The molecule has 1 fully saturated rings. The van der Waals surface area contributed by atoms with Gasteiger partial charge in [-0.25, -0.2) is 10.9 Å². The van der Waals surface area contributed by atoms with Crippen LogP contribution < -0.4 is 16.2 Å². The Balaban J connectivity index is 1.67. The van der Waals surface area contributed by atoms with E-state index in [1.807, 2.05) is 12.1 Å². The summed E-state index contributed by atoms with van der Waals surface area (Å²) in [7, 11) is 0. The summed E-state index contributed by atoms with van der Waals surface area (Å²) in [6.07, 6.45) is 4.73. The van der Waals surface area contributed by atoms with Gasteiger partial charge in [0, 0.05) is 11.8 Å². The number of hydrazine groups is 1.